The molecule has 80 valence electrons. The summed E-state index contributed by atoms with van der Waals surface area (Å²) in [7, 11) is 0. The van der Waals surface area contributed by atoms with Crippen LogP contribution >= 0.6 is 0 Å². The molecule has 14 heavy (non-hydrogen) atoms. The van der Waals surface area contributed by atoms with Crippen molar-refractivity contribution in [3.05, 3.63) is 0 Å². The summed E-state index contributed by atoms with van der Waals surface area (Å²) in [5.41, 5.74) is 0. The molecule has 2 fully saturated rings. The lowest BCUT2D eigenvalue weighted by Crippen LogP contribution is -2.53. The lowest BCUT2D eigenvalue weighted by atomic mass is 10.0. The second kappa shape index (κ2) is 4.30. The monoisotopic (exact) mass is 197 g/mol. The standard InChI is InChI=1S/C11H19NO2/c13-10-7-12(8-10)11(14)6-5-9-3-1-2-4-9/h9-10,13H,1-8H2. The molecule has 2 rings (SSSR count). The fourth-order valence-electron chi connectivity index (χ4n) is 2.44. The molecule has 1 aliphatic heterocycles. The first-order valence-corrected chi connectivity index (χ1v) is 5.71. The van der Waals surface area contributed by atoms with Crippen molar-refractivity contribution >= 4 is 5.91 Å². The Morgan fingerprint density at radius 1 is 1.29 bits per heavy atom. The van der Waals surface area contributed by atoms with Gasteiger partial charge in [0, 0.05) is 19.5 Å². The van der Waals surface area contributed by atoms with E-state index < -0.39 is 0 Å². The third-order valence-corrected chi connectivity index (χ3v) is 3.46. The van der Waals surface area contributed by atoms with Gasteiger partial charge in [-0.2, -0.15) is 0 Å². The Morgan fingerprint density at radius 3 is 2.50 bits per heavy atom. The van der Waals surface area contributed by atoms with Crippen LogP contribution in [-0.2, 0) is 4.79 Å². The molecule has 0 aromatic carbocycles. The minimum atomic E-state index is -0.259. The van der Waals surface area contributed by atoms with Gasteiger partial charge in [0.05, 0.1) is 6.10 Å². The molecule has 0 aromatic heterocycles. The van der Waals surface area contributed by atoms with Crippen molar-refractivity contribution in [3.8, 4) is 0 Å². The lowest BCUT2D eigenvalue weighted by molar-refractivity contribution is -0.141. The number of rotatable bonds is 3. The van der Waals surface area contributed by atoms with Crippen molar-refractivity contribution in [1.29, 1.82) is 0 Å². The summed E-state index contributed by atoms with van der Waals surface area (Å²) in [4.78, 5) is 13.3. The molecule has 2 aliphatic rings. The van der Waals surface area contributed by atoms with E-state index in [1.54, 1.807) is 4.90 Å². The molecule has 1 aliphatic carbocycles. The van der Waals surface area contributed by atoms with Gasteiger partial charge in [-0.05, 0) is 12.3 Å². The van der Waals surface area contributed by atoms with Gasteiger partial charge in [0.15, 0.2) is 0 Å². The molecule has 0 unspecified atom stereocenters. The molecule has 0 radical (unpaired) electrons. The Labute approximate surface area is 85.1 Å². The number of aliphatic hydroxyl groups excluding tert-OH is 1. The van der Waals surface area contributed by atoms with Crippen molar-refractivity contribution < 1.29 is 9.90 Å². The SMILES string of the molecule is O=C(CCC1CCCC1)N1CC(O)C1. The second-order valence-corrected chi connectivity index (χ2v) is 4.64. The van der Waals surface area contributed by atoms with E-state index in [0.29, 0.717) is 19.5 Å². The molecule has 0 spiro atoms. The van der Waals surface area contributed by atoms with Crippen molar-refractivity contribution in [3.63, 3.8) is 0 Å². The number of hydrogen-bond acceptors (Lipinski definition) is 2. The number of nitrogens with zero attached hydrogens (tertiary/aromatic N) is 1. The van der Waals surface area contributed by atoms with E-state index in [1.165, 1.54) is 25.7 Å². The molecular formula is C11H19NO2. The summed E-state index contributed by atoms with van der Waals surface area (Å²) in [6.07, 6.45) is 6.82. The molecule has 1 heterocycles. The summed E-state index contributed by atoms with van der Waals surface area (Å²) in [5.74, 6) is 1.03. The zero-order valence-corrected chi connectivity index (χ0v) is 8.61. The van der Waals surface area contributed by atoms with Gasteiger partial charge in [0.1, 0.15) is 0 Å². The van der Waals surface area contributed by atoms with Crippen molar-refractivity contribution in [2.45, 2.75) is 44.6 Å². The average Bonchev–Trinajstić information content (AvgIpc) is 2.61. The van der Waals surface area contributed by atoms with Crippen LogP contribution in [0.1, 0.15) is 38.5 Å². The highest BCUT2D eigenvalue weighted by Gasteiger charge is 2.28. The predicted octanol–water partition coefficient (Wildman–Crippen LogP) is 1.16. The van der Waals surface area contributed by atoms with Crippen LogP contribution in [-0.4, -0.2) is 35.1 Å². The first-order chi connectivity index (χ1) is 6.75. The summed E-state index contributed by atoms with van der Waals surface area (Å²) < 4.78 is 0. The first-order valence-electron chi connectivity index (χ1n) is 5.71. The summed E-state index contributed by atoms with van der Waals surface area (Å²) >= 11 is 0. The fourth-order valence-corrected chi connectivity index (χ4v) is 2.44. The van der Waals surface area contributed by atoms with E-state index in [4.69, 9.17) is 5.11 Å². The van der Waals surface area contributed by atoms with E-state index in [-0.39, 0.29) is 12.0 Å². The van der Waals surface area contributed by atoms with Crippen LogP contribution in [0.15, 0.2) is 0 Å². The summed E-state index contributed by atoms with van der Waals surface area (Å²) in [6, 6.07) is 0. The molecule has 1 saturated heterocycles. The minimum absolute atomic E-state index is 0.238. The molecule has 0 bridgehead atoms. The largest absolute Gasteiger partial charge is 0.389 e. The van der Waals surface area contributed by atoms with Gasteiger partial charge in [-0.15, -0.1) is 0 Å². The van der Waals surface area contributed by atoms with Crippen LogP contribution in [0.25, 0.3) is 0 Å². The van der Waals surface area contributed by atoms with Crippen molar-refractivity contribution in [2.75, 3.05) is 13.1 Å². The third kappa shape index (κ3) is 2.27. The van der Waals surface area contributed by atoms with Crippen molar-refractivity contribution in [2.24, 2.45) is 5.92 Å². The zero-order valence-electron chi connectivity index (χ0n) is 8.61. The quantitative estimate of drug-likeness (QED) is 0.737. The number of carbonyl (C=O) groups is 1. The summed E-state index contributed by atoms with van der Waals surface area (Å²) in [5, 5.41) is 9.05. The third-order valence-electron chi connectivity index (χ3n) is 3.46. The molecule has 1 amide bonds. The van der Waals surface area contributed by atoms with Crippen LogP contribution < -0.4 is 0 Å². The van der Waals surface area contributed by atoms with Crippen molar-refractivity contribution in [1.82, 2.24) is 4.90 Å². The molecule has 0 aromatic rings. The van der Waals surface area contributed by atoms with Gasteiger partial charge < -0.3 is 10.0 Å². The molecular weight excluding hydrogens is 178 g/mol. The molecule has 3 nitrogen and oxygen atoms in total. The highest BCUT2D eigenvalue weighted by molar-refractivity contribution is 5.77. The maximum absolute atomic E-state index is 11.5. The minimum Gasteiger partial charge on any atom is -0.389 e. The smallest absolute Gasteiger partial charge is 0.222 e. The Hall–Kier alpha value is -0.570. The predicted molar refractivity (Wildman–Crippen MR) is 53.8 cm³/mol. The Morgan fingerprint density at radius 2 is 1.93 bits per heavy atom. The Balaban J connectivity index is 1.62. The Kier molecular flexibility index (Phi) is 3.06. The highest BCUT2D eigenvalue weighted by atomic mass is 16.3. The molecule has 3 heteroatoms. The molecule has 1 saturated carbocycles. The van der Waals surface area contributed by atoms with E-state index in [1.807, 2.05) is 0 Å². The summed E-state index contributed by atoms with van der Waals surface area (Å²) in [6.45, 7) is 1.12. The Bertz CT molecular complexity index is 205. The van der Waals surface area contributed by atoms with E-state index in [9.17, 15) is 4.79 Å². The highest BCUT2D eigenvalue weighted by Crippen LogP contribution is 2.28. The van der Waals surface area contributed by atoms with Gasteiger partial charge in [-0.3, -0.25) is 4.79 Å². The number of likely N-dealkylation sites (tertiary alicyclic amines) is 1. The van der Waals surface area contributed by atoms with Crippen LogP contribution in [0.2, 0.25) is 0 Å². The average molecular weight is 197 g/mol. The number of carbonyl (C=O) groups excluding carboxylic acids is 1. The normalized spacial score (nSPS) is 23.9. The number of β-amino-alcohol motifs (C(OH)–C–C–N with tert-alkyl or cyclic N) is 1. The van der Waals surface area contributed by atoms with E-state index in [0.717, 1.165) is 12.3 Å². The lowest BCUT2D eigenvalue weighted by Gasteiger charge is -2.36. The molecule has 0 atom stereocenters. The molecule has 1 N–H and O–H groups in total. The fraction of sp³-hybridized carbons (Fsp3) is 0.909. The first kappa shape index (κ1) is 9.97. The van der Waals surface area contributed by atoms with E-state index in [2.05, 4.69) is 0 Å². The van der Waals surface area contributed by atoms with E-state index >= 15 is 0 Å². The zero-order chi connectivity index (χ0) is 9.97. The van der Waals surface area contributed by atoms with Gasteiger partial charge in [0.25, 0.3) is 0 Å². The van der Waals surface area contributed by atoms with Gasteiger partial charge in [-0.1, -0.05) is 25.7 Å². The van der Waals surface area contributed by atoms with Crippen LogP contribution in [0.5, 0.6) is 0 Å². The topological polar surface area (TPSA) is 40.5 Å². The van der Waals surface area contributed by atoms with Crippen LogP contribution in [0, 0.1) is 5.92 Å². The maximum atomic E-state index is 11.5. The number of amides is 1. The van der Waals surface area contributed by atoms with Crippen LogP contribution in [0.4, 0.5) is 0 Å². The van der Waals surface area contributed by atoms with Gasteiger partial charge >= 0.3 is 0 Å². The van der Waals surface area contributed by atoms with Crippen LogP contribution in [0.3, 0.4) is 0 Å². The second-order valence-electron chi connectivity index (χ2n) is 4.64. The van der Waals surface area contributed by atoms with Gasteiger partial charge in [-0.25, -0.2) is 0 Å². The maximum Gasteiger partial charge on any atom is 0.222 e. The number of aliphatic hydroxyl groups is 1. The van der Waals surface area contributed by atoms with Gasteiger partial charge in [0.2, 0.25) is 5.91 Å². The number of hydrogen-bond donors (Lipinski definition) is 1.